The van der Waals surface area contributed by atoms with Crippen LogP contribution < -0.4 is 10.6 Å². The van der Waals surface area contributed by atoms with Crippen molar-refractivity contribution in [3.63, 3.8) is 0 Å². The predicted octanol–water partition coefficient (Wildman–Crippen LogP) is 2.62. The highest BCUT2D eigenvalue weighted by atomic mass is 79.9. The van der Waals surface area contributed by atoms with E-state index in [-0.39, 0.29) is 18.0 Å². The molecule has 0 unspecified atom stereocenters. The second-order valence-electron chi connectivity index (χ2n) is 4.38. The highest BCUT2D eigenvalue weighted by Crippen LogP contribution is 2.16. The van der Waals surface area contributed by atoms with Crippen LogP contribution >= 0.6 is 15.9 Å². The Bertz CT molecular complexity index is 362. The van der Waals surface area contributed by atoms with Crippen LogP contribution in [0.3, 0.4) is 0 Å². The number of hydrogen-bond acceptors (Lipinski definition) is 2. The van der Waals surface area contributed by atoms with Gasteiger partial charge in [0.2, 0.25) is 5.91 Å². The topological polar surface area (TPSA) is 41.1 Å². The number of rotatable bonds is 5. The molecule has 0 aromatic heterocycles. The third-order valence-electron chi connectivity index (χ3n) is 2.39. The van der Waals surface area contributed by atoms with Gasteiger partial charge in [0.1, 0.15) is 0 Å². The van der Waals surface area contributed by atoms with Crippen LogP contribution in [0, 0.1) is 0 Å². The summed E-state index contributed by atoms with van der Waals surface area (Å²) in [6.07, 6.45) is 0. The van der Waals surface area contributed by atoms with Gasteiger partial charge in [0.25, 0.3) is 0 Å². The summed E-state index contributed by atoms with van der Waals surface area (Å²) in [6.45, 7) is 6.30. The summed E-state index contributed by atoms with van der Waals surface area (Å²) in [6, 6.07) is 8.45. The Kier molecular flexibility index (Phi) is 5.65. The Morgan fingerprint density at radius 3 is 2.35 bits per heavy atom. The molecular weight excluding hydrogens is 280 g/mol. The van der Waals surface area contributed by atoms with E-state index in [0.717, 1.165) is 4.47 Å². The fourth-order valence-electron chi connectivity index (χ4n) is 1.49. The van der Waals surface area contributed by atoms with Gasteiger partial charge in [-0.05, 0) is 38.5 Å². The van der Waals surface area contributed by atoms with Gasteiger partial charge < -0.3 is 10.6 Å². The van der Waals surface area contributed by atoms with Gasteiger partial charge in [0.05, 0.1) is 6.54 Å². The Morgan fingerprint density at radius 2 is 1.82 bits per heavy atom. The van der Waals surface area contributed by atoms with E-state index >= 15 is 0 Å². The van der Waals surface area contributed by atoms with Gasteiger partial charge >= 0.3 is 0 Å². The molecule has 0 heterocycles. The molecule has 3 nitrogen and oxygen atoms in total. The molecule has 0 saturated carbocycles. The van der Waals surface area contributed by atoms with Gasteiger partial charge in [0, 0.05) is 16.6 Å². The second-order valence-corrected chi connectivity index (χ2v) is 5.29. The third-order valence-corrected chi connectivity index (χ3v) is 2.92. The average Bonchev–Trinajstić information content (AvgIpc) is 2.26. The predicted molar refractivity (Wildman–Crippen MR) is 73.8 cm³/mol. The Labute approximate surface area is 111 Å². The summed E-state index contributed by atoms with van der Waals surface area (Å²) in [5.41, 5.74) is 1.17. The molecule has 1 rings (SSSR count). The van der Waals surface area contributed by atoms with E-state index in [9.17, 15) is 4.79 Å². The van der Waals surface area contributed by atoms with Crippen LogP contribution in [0.15, 0.2) is 28.7 Å². The van der Waals surface area contributed by atoms with Gasteiger partial charge in [-0.1, -0.05) is 28.1 Å². The number of halogens is 1. The molecule has 1 amide bonds. The standard InChI is InChI=1S/C13H19BrN2O/c1-9(2)16-13(17)8-15-10(3)11-4-6-12(14)7-5-11/h4-7,9-10,15H,8H2,1-3H3,(H,16,17)/t10-/m1/s1. The SMILES string of the molecule is CC(C)NC(=O)CN[C@H](C)c1ccc(Br)cc1. The number of carbonyl (C=O) groups is 1. The van der Waals surface area contributed by atoms with Crippen LogP contribution in [0.25, 0.3) is 0 Å². The minimum Gasteiger partial charge on any atom is -0.353 e. The fourth-order valence-corrected chi connectivity index (χ4v) is 1.75. The van der Waals surface area contributed by atoms with E-state index in [1.807, 2.05) is 45.0 Å². The molecule has 17 heavy (non-hydrogen) atoms. The minimum absolute atomic E-state index is 0.0314. The maximum absolute atomic E-state index is 11.5. The summed E-state index contributed by atoms with van der Waals surface area (Å²) in [5, 5.41) is 6.05. The zero-order chi connectivity index (χ0) is 12.8. The summed E-state index contributed by atoms with van der Waals surface area (Å²) < 4.78 is 1.06. The fraction of sp³-hybridized carbons (Fsp3) is 0.462. The molecular formula is C13H19BrN2O. The van der Waals surface area contributed by atoms with E-state index in [4.69, 9.17) is 0 Å². The highest BCUT2D eigenvalue weighted by Gasteiger charge is 2.08. The molecule has 0 aliphatic carbocycles. The van der Waals surface area contributed by atoms with E-state index < -0.39 is 0 Å². The zero-order valence-corrected chi connectivity index (χ0v) is 12.0. The molecule has 94 valence electrons. The van der Waals surface area contributed by atoms with Crippen molar-refractivity contribution in [2.24, 2.45) is 0 Å². The molecule has 0 bridgehead atoms. The van der Waals surface area contributed by atoms with Gasteiger partial charge in [-0.3, -0.25) is 4.79 Å². The normalized spacial score (nSPS) is 12.5. The molecule has 4 heteroatoms. The molecule has 0 aliphatic heterocycles. The lowest BCUT2D eigenvalue weighted by Crippen LogP contribution is -2.38. The van der Waals surface area contributed by atoms with Crippen LogP contribution in [0.1, 0.15) is 32.4 Å². The van der Waals surface area contributed by atoms with Crippen molar-refractivity contribution < 1.29 is 4.79 Å². The molecule has 1 aromatic rings. The average molecular weight is 299 g/mol. The van der Waals surface area contributed by atoms with Crippen molar-refractivity contribution in [1.29, 1.82) is 0 Å². The van der Waals surface area contributed by atoms with Crippen LogP contribution in [0.5, 0.6) is 0 Å². The summed E-state index contributed by atoms with van der Waals surface area (Å²) >= 11 is 3.40. The molecule has 0 radical (unpaired) electrons. The molecule has 0 spiro atoms. The van der Waals surface area contributed by atoms with E-state index in [2.05, 4.69) is 26.6 Å². The van der Waals surface area contributed by atoms with Crippen LogP contribution in [0.2, 0.25) is 0 Å². The number of nitrogens with one attached hydrogen (secondary N) is 2. The first-order chi connectivity index (χ1) is 7.99. The van der Waals surface area contributed by atoms with Crippen molar-refractivity contribution in [2.45, 2.75) is 32.9 Å². The summed E-state index contributed by atoms with van der Waals surface area (Å²) in [5.74, 6) is 0.0314. The van der Waals surface area contributed by atoms with Crippen LogP contribution in [-0.4, -0.2) is 18.5 Å². The molecule has 0 aliphatic rings. The largest absolute Gasteiger partial charge is 0.353 e. The maximum Gasteiger partial charge on any atom is 0.234 e. The van der Waals surface area contributed by atoms with Crippen LogP contribution in [-0.2, 0) is 4.79 Å². The van der Waals surface area contributed by atoms with Crippen molar-refractivity contribution >= 4 is 21.8 Å². The number of hydrogen-bond donors (Lipinski definition) is 2. The highest BCUT2D eigenvalue weighted by molar-refractivity contribution is 9.10. The van der Waals surface area contributed by atoms with Crippen molar-refractivity contribution in [3.8, 4) is 0 Å². The molecule has 1 atom stereocenters. The van der Waals surface area contributed by atoms with Crippen molar-refractivity contribution in [2.75, 3.05) is 6.54 Å². The molecule has 0 fully saturated rings. The van der Waals surface area contributed by atoms with E-state index in [1.165, 1.54) is 5.56 Å². The quantitative estimate of drug-likeness (QED) is 0.877. The molecule has 0 saturated heterocycles. The second kappa shape index (κ2) is 6.77. The monoisotopic (exact) mass is 298 g/mol. The first-order valence-electron chi connectivity index (χ1n) is 5.77. The lowest BCUT2D eigenvalue weighted by atomic mass is 10.1. The smallest absolute Gasteiger partial charge is 0.234 e. The molecule has 1 aromatic carbocycles. The summed E-state index contributed by atoms with van der Waals surface area (Å²) in [4.78, 5) is 11.5. The van der Waals surface area contributed by atoms with Crippen molar-refractivity contribution in [3.05, 3.63) is 34.3 Å². The van der Waals surface area contributed by atoms with E-state index in [0.29, 0.717) is 6.54 Å². The number of carbonyl (C=O) groups excluding carboxylic acids is 1. The number of amides is 1. The first kappa shape index (κ1) is 14.2. The summed E-state index contributed by atoms with van der Waals surface area (Å²) in [7, 11) is 0. The lowest BCUT2D eigenvalue weighted by Gasteiger charge is -2.15. The van der Waals surface area contributed by atoms with Gasteiger partial charge in [0.15, 0.2) is 0 Å². The maximum atomic E-state index is 11.5. The Balaban J connectivity index is 2.42. The Morgan fingerprint density at radius 1 is 1.24 bits per heavy atom. The van der Waals surface area contributed by atoms with Gasteiger partial charge in [-0.15, -0.1) is 0 Å². The Hall–Kier alpha value is -0.870. The van der Waals surface area contributed by atoms with Crippen molar-refractivity contribution in [1.82, 2.24) is 10.6 Å². The van der Waals surface area contributed by atoms with Crippen LogP contribution in [0.4, 0.5) is 0 Å². The minimum atomic E-state index is 0.0314. The van der Waals surface area contributed by atoms with Gasteiger partial charge in [-0.2, -0.15) is 0 Å². The number of benzene rings is 1. The van der Waals surface area contributed by atoms with E-state index in [1.54, 1.807) is 0 Å². The zero-order valence-electron chi connectivity index (χ0n) is 10.5. The third kappa shape index (κ3) is 5.33. The lowest BCUT2D eigenvalue weighted by molar-refractivity contribution is -0.120. The van der Waals surface area contributed by atoms with Gasteiger partial charge in [-0.25, -0.2) is 0 Å². The first-order valence-corrected chi connectivity index (χ1v) is 6.56. The molecule has 2 N–H and O–H groups in total.